The number of nitrogens with zero attached hydrogens (tertiary/aromatic N) is 3. The van der Waals surface area contributed by atoms with Crippen LogP contribution in [0.2, 0.25) is 0 Å². The van der Waals surface area contributed by atoms with E-state index in [0.29, 0.717) is 13.1 Å². The van der Waals surface area contributed by atoms with Crippen LogP contribution in [0.5, 0.6) is 0 Å². The Morgan fingerprint density at radius 1 is 1.38 bits per heavy atom. The molecule has 0 N–H and O–H groups in total. The fourth-order valence-electron chi connectivity index (χ4n) is 2.06. The number of hydrogen-bond donors (Lipinski definition) is 0. The van der Waals surface area contributed by atoms with Crippen molar-refractivity contribution in [3.8, 4) is 0 Å². The van der Waals surface area contributed by atoms with Gasteiger partial charge in [-0.1, -0.05) is 0 Å². The molecule has 0 aromatic carbocycles. The smallest absolute Gasteiger partial charge is 0.372 e. The van der Waals surface area contributed by atoms with Gasteiger partial charge in [0.05, 0.1) is 32.3 Å². The van der Waals surface area contributed by atoms with Gasteiger partial charge >= 0.3 is 6.03 Å². The summed E-state index contributed by atoms with van der Waals surface area (Å²) in [6, 6.07) is 0.0163. The number of amides is 1. The monoisotopic (exact) mass is 224 g/mol. The van der Waals surface area contributed by atoms with Gasteiger partial charge in [-0.25, -0.2) is 9.36 Å². The molecule has 2 heterocycles. The zero-order valence-corrected chi connectivity index (χ0v) is 9.96. The molecule has 1 saturated heterocycles. The van der Waals surface area contributed by atoms with Gasteiger partial charge in [0.2, 0.25) is 0 Å². The maximum Gasteiger partial charge on any atom is 0.415 e. The molecule has 5 heteroatoms. The van der Waals surface area contributed by atoms with Crippen LogP contribution in [-0.4, -0.2) is 40.8 Å². The molecule has 0 saturated carbocycles. The van der Waals surface area contributed by atoms with E-state index in [2.05, 4.69) is 0 Å². The highest BCUT2D eigenvalue weighted by Gasteiger charge is 2.29. The second-order valence-electron chi connectivity index (χ2n) is 4.43. The summed E-state index contributed by atoms with van der Waals surface area (Å²) < 4.78 is 9.05. The SMILES string of the molecule is C[C@@H]1CN(C(=O)n2cc[n+](C)c2)C[C@@H](C)O1. The van der Waals surface area contributed by atoms with Crippen LogP contribution in [0, 0.1) is 0 Å². The molecule has 16 heavy (non-hydrogen) atoms. The van der Waals surface area contributed by atoms with Crippen molar-refractivity contribution in [1.82, 2.24) is 9.47 Å². The highest BCUT2D eigenvalue weighted by atomic mass is 16.5. The molecule has 1 aliphatic rings. The number of hydrogen-bond acceptors (Lipinski definition) is 2. The largest absolute Gasteiger partial charge is 0.415 e. The maximum absolute atomic E-state index is 12.1. The summed E-state index contributed by atoms with van der Waals surface area (Å²) in [6.07, 6.45) is 5.61. The lowest BCUT2D eigenvalue weighted by molar-refractivity contribution is -0.670. The van der Waals surface area contributed by atoms with Gasteiger partial charge in [0.25, 0.3) is 6.33 Å². The Balaban J connectivity index is 2.09. The van der Waals surface area contributed by atoms with Crippen molar-refractivity contribution in [2.45, 2.75) is 26.1 Å². The molecule has 2 rings (SSSR count). The van der Waals surface area contributed by atoms with Gasteiger partial charge in [-0.3, -0.25) is 4.90 Å². The Morgan fingerprint density at radius 3 is 2.50 bits per heavy atom. The van der Waals surface area contributed by atoms with Gasteiger partial charge in [-0.15, -0.1) is 0 Å². The van der Waals surface area contributed by atoms with Crippen LogP contribution in [0.15, 0.2) is 18.7 Å². The van der Waals surface area contributed by atoms with Gasteiger partial charge < -0.3 is 4.74 Å². The van der Waals surface area contributed by atoms with Crippen LogP contribution in [0.25, 0.3) is 0 Å². The molecule has 1 aromatic rings. The van der Waals surface area contributed by atoms with Crippen LogP contribution in [-0.2, 0) is 11.8 Å². The predicted molar refractivity (Wildman–Crippen MR) is 58.0 cm³/mol. The molecule has 1 fully saturated rings. The summed E-state index contributed by atoms with van der Waals surface area (Å²) in [5, 5.41) is 0. The Kier molecular flexibility index (Phi) is 2.96. The van der Waals surface area contributed by atoms with Crippen LogP contribution in [0.3, 0.4) is 0 Å². The average molecular weight is 224 g/mol. The summed E-state index contributed by atoms with van der Waals surface area (Å²) in [5.74, 6) is 0. The van der Waals surface area contributed by atoms with Crippen LogP contribution in [0.4, 0.5) is 4.79 Å². The summed E-state index contributed by atoms with van der Waals surface area (Å²) in [5.41, 5.74) is 0. The number of rotatable bonds is 0. The van der Waals surface area contributed by atoms with Gasteiger partial charge in [0.15, 0.2) is 0 Å². The number of morpholine rings is 1. The standard InChI is InChI=1S/C11H18N3O2/c1-9-6-14(7-10(2)16-9)11(15)13-5-4-12(3)8-13/h4-5,8-10H,6-7H2,1-3H3/q+1/t9-,10-/m1/s1. The molecule has 0 radical (unpaired) electrons. The van der Waals surface area contributed by atoms with E-state index in [-0.39, 0.29) is 18.2 Å². The van der Waals surface area contributed by atoms with Crippen molar-refractivity contribution in [3.63, 3.8) is 0 Å². The first-order valence-corrected chi connectivity index (χ1v) is 5.54. The highest BCUT2D eigenvalue weighted by molar-refractivity contribution is 5.76. The van der Waals surface area contributed by atoms with E-state index >= 15 is 0 Å². The third-order valence-corrected chi connectivity index (χ3v) is 2.68. The van der Waals surface area contributed by atoms with Gasteiger partial charge in [-0.05, 0) is 13.8 Å². The molecule has 1 amide bonds. The van der Waals surface area contributed by atoms with E-state index in [0.717, 1.165) is 0 Å². The number of ether oxygens (including phenoxy) is 1. The molecule has 1 aliphatic heterocycles. The lowest BCUT2D eigenvalue weighted by Gasteiger charge is -2.33. The Labute approximate surface area is 95.2 Å². The molecule has 0 aliphatic carbocycles. The van der Waals surface area contributed by atoms with Crippen molar-refractivity contribution in [1.29, 1.82) is 0 Å². The minimum Gasteiger partial charge on any atom is -0.372 e. The zero-order chi connectivity index (χ0) is 11.7. The van der Waals surface area contributed by atoms with Crippen molar-refractivity contribution in [2.24, 2.45) is 7.05 Å². The van der Waals surface area contributed by atoms with Crippen LogP contribution < -0.4 is 4.57 Å². The highest BCUT2D eigenvalue weighted by Crippen LogP contribution is 2.11. The normalized spacial score (nSPS) is 25.8. The Hall–Kier alpha value is -1.36. The van der Waals surface area contributed by atoms with Gasteiger partial charge in [0, 0.05) is 0 Å². The fraction of sp³-hybridized carbons (Fsp3) is 0.636. The number of carbonyl (C=O) groups excluding carboxylic acids is 1. The van der Waals surface area contributed by atoms with E-state index < -0.39 is 0 Å². The van der Waals surface area contributed by atoms with E-state index in [1.54, 1.807) is 17.1 Å². The summed E-state index contributed by atoms with van der Waals surface area (Å²) in [7, 11) is 1.90. The fourth-order valence-corrected chi connectivity index (χ4v) is 2.06. The van der Waals surface area contributed by atoms with E-state index in [1.165, 1.54) is 0 Å². The van der Waals surface area contributed by atoms with Crippen molar-refractivity contribution in [2.75, 3.05) is 13.1 Å². The van der Waals surface area contributed by atoms with E-state index in [4.69, 9.17) is 4.74 Å². The number of aryl methyl sites for hydroxylation is 1. The molecule has 2 atom stereocenters. The quantitative estimate of drug-likeness (QED) is 0.598. The molecule has 0 bridgehead atoms. The second kappa shape index (κ2) is 4.25. The third-order valence-electron chi connectivity index (χ3n) is 2.68. The zero-order valence-electron chi connectivity index (χ0n) is 9.96. The van der Waals surface area contributed by atoms with Gasteiger partial charge in [-0.2, -0.15) is 4.57 Å². The first kappa shape index (κ1) is 11.1. The second-order valence-corrected chi connectivity index (χ2v) is 4.43. The molecule has 0 spiro atoms. The average Bonchev–Trinajstić information content (AvgIpc) is 2.62. The van der Waals surface area contributed by atoms with Crippen molar-refractivity contribution in [3.05, 3.63) is 18.7 Å². The Bertz CT molecular complexity index is 378. The van der Waals surface area contributed by atoms with Gasteiger partial charge in [0.1, 0.15) is 12.4 Å². The first-order chi connectivity index (χ1) is 7.56. The summed E-state index contributed by atoms with van der Waals surface area (Å²) >= 11 is 0. The molecular formula is C11H18N3O2+. The molecule has 1 aromatic heterocycles. The topological polar surface area (TPSA) is 38.4 Å². The number of imidazole rings is 1. The maximum atomic E-state index is 12.1. The molecule has 0 unspecified atom stereocenters. The lowest BCUT2D eigenvalue weighted by atomic mass is 10.2. The van der Waals surface area contributed by atoms with E-state index in [1.807, 2.05) is 36.6 Å². The Morgan fingerprint density at radius 2 is 2.00 bits per heavy atom. The number of carbonyl (C=O) groups is 1. The van der Waals surface area contributed by atoms with Crippen LogP contribution in [0.1, 0.15) is 13.8 Å². The number of aromatic nitrogens is 2. The first-order valence-electron chi connectivity index (χ1n) is 5.54. The molecule has 5 nitrogen and oxygen atoms in total. The van der Waals surface area contributed by atoms with E-state index in [9.17, 15) is 4.79 Å². The molecule has 88 valence electrons. The molecular weight excluding hydrogens is 206 g/mol. The van der Waals surface area contributed by atoms with Crippen molar-refractivity contribution >= 4 is 6.03 Å². The summed E-state index contributed by atoms with van der Waals surface area (Å²) in [6.45, 7) is 5.30. The lowest BCUT2D eigenvalue weighted by Crippen LogP contribution is -2.49. The van der Waals surface area contributed by atoms with Crippen molar-refractivity contribution < 1.29 is 14.1 Å². The minimum absolute atomic E-state index is 0.0163. The third kappa shape index (κ3) is 2.24. The van der Waals surface area contributed by atoms with Crippen LogP contribution >= 0.6 is 0 Å². The predicted octanol–water partition coefficient (Wildman–Crippen LogP) is 0.390. The minimum atomic E-state index is 0.0163. The summed E-state index contributed by atoms with van der Waals surface area (Å²) in [4.78, 5) is 14.0.